The van der Waals surface area contributed by atoms with E-state index in [1.807, 2.05) is 0 Å². The SMILES string of the molecule is CO[C@H](CO[Si](C)(C)C(C)(C)C)C[C@H]1O[C@H]2[C@H](OCO[C@@H]2C(N)=O)[C@@H](OC)C1(C)C. The molecule has 2 aliphatic rings. The number of rotatable bonds is 8. The Morgan fingerprint density at radius 1 is 1.20 bits per heavy atom. The number of methoxy groups -OCH3 is 2. The van der Waals surface area contributed by atoms with Gasteiger partial charge in [-0.2, -0.15) is 0 Å². The van der Waals surface area contributed by atoms with Crippen LogP contribution in [0, 0.1) is 5.41 Å². The second-order valence-corrected chi connectivity index (χ2v) is 15.3. The monoisotopic (exact) mass is 447 g/mol. The number of hydrogen-bond donors (Lipinski definition) is 1. The Morgan fingerprint density at radius 3 is 2.33 bits per heavy atom. The maximum absolute atomic E-state index is 11.9. The molecule has 0 aromatic carbocycles. The maximum Gasteiger partial charge on any atom is 0.249 e. The molecule has 0 radical (unpaired) electrons. The number of hydrogen-bond acceptors (Lipinski definition) is 7. The molecule has 176 valence electrons. The molecular formula is C21H41NO7Si. The third kappa shape index (κ3) is 5.25. The molecule has 8 nitrogen and oxygen atoms in total. The lowest BCUT2D eigenvalue weighted by atomic mass is 9.72. The van der Waals surface area contributed by atoms with Crippen LogP contribution in [0.1, 0.15) is 41.0 Å². The van der Waals surface area contributed by atoms with Gasteiger partial charge in [0.25, 0.3) is 0 Å². The van der Waals surface area contributed by atoms with E-state index in [4.69, 9.17) is 33.8 Å². The summed E-state index contributed by atoms with van der Waals surface area (Å²) in [7, 11) is 1.43. The first-order chi connectivity index (χ1) is 13.8. The summed E-state index contributed by atoms with van der Waals surface area (Å²) in [4.78, 5) is 11.9. The second kappa shape index (κ2) is 9.52. The summed E-state index contributed by atoms with van der Waals surface area (Å²) in [5, 5.41) is 0.117. The first kappa shape index (κ1) is 25.7. The van der Waals surface area contributed by atoms with E-state index in [0.717, 1.165) is 0 Å². The van der Waals surface area contributed by atoms with Crippen LogP contribution in [0.4, 0.5) is 0 Å². The molecular weight excluding hydrogens is 406 g/mol. The summed E-state index contributed by atoms with van der Waals surface area (Å²) in [5.74, 6) is -0.564. The van der Waals surface area contributed by atoms with E-state index in [1.165, 1.54) is 0 Å². The van der Waals surface area contributed by atoms with E-state index in [-0.39, 0.29) is 35.6 Å². The van der Waals surface area contributed by atoms with Crippen molar-refractivity contribution in [1.29, 1.82) is 0 Å². The zero-order valence-electron chi connectivity index (χ0n) is 20.0. The third-order valence-corrected chi connectivity index (χ3v) is 11.6. The fourth-order valence-electron chi connectivity index (χ4n) is 3.96. The number of ether oxygens (including phenoxy) is 5. The van der Waals surface area contributed by atoms with Gasteiger partial charge in [0.1, 0.15) is 19.0 Å². The third-order valence-electron chi connectivity index (χ3n) is 7.09. The summed E-state index contributed by atoms with van der Waals surface area (Å²) in [6.45, 7) is 15.7. The van der Waals surface area contributed by atoms with Crippen molar-refractivity contribution in [2.45, 2.75) is 95.8 Å². The van der Waals surface area contributed by atoms with E-state index in [0.29, 0.717) is 13.0 Å². The quantitative estimate of drug-likeness (QED) is 0.571. The van der Waals surface area contributed by atoms with Gasteiger partial charge in [0.2, 0.25) is 5.91 Å². The van der Waals surface area contributed by atoms with Crippen LogP contribution in [-0.2, 0) is 32.9 Å². The molecule has 6 atom stereocenters. The predicted molar refractivity (Wildman–Crippen MR) is 116 cm³/mol. The normalized spacial score (nSPS) is 33.0. The molecule has 9 heteroatoms. The zero-order chi connectivity index (χ0) is 22.9. The van der Waals surface area contributed by atoms with Crippen molar-refractivity contribution < 1.29 is 32.9 Å². The number of amides is 1. The molecule has 1 amide bonds. The van der Waals surface area contributed by atoms with Gasteiger partial charge in [-0.05, 0) is 18.1 Å². The Kier molecular flexibility index (Phi) is 8.16. The Hall–Kier alpha value is -0.553. The molecule has 2 saturated heterocycles. The summed E-state index contributed by atoms with van der Waals surface area (Å²) in [5.41, 5.74) is 5.17. The van der Waals surface area contributed by atoms with Crippen LogP contribution in [0.2, 0.25) is 18.1 Å². The fraction of sp³-hybridized carbons (Fsp3) is 0.952. The van der Waals surface area contributed by atoms with Crippen molar-refractivity contribution in [3.05, 3.63) is 0 Å². The summed E-state index contributed by atoms with van der Waals surface area (Å²) >= 11 is 0. The average Bonchev–Trinajstić information content (AvgIpc) is 2.63. The number of primary amides is 1. The van der Waals surface area contributed by atoms with Crippen molar-refractivity contribution >= 4 is 14.2 Å². The van der Waals surface area contributed by atoms with E-state index < -0.39 is 32.5 Å². The molecule has 0 aromatic heterocycles. The van der Waals surface area contributed by atoms with Crippen LogP contribution in [-0.4, -0.2) is 78.5 Å². The van der Waals surface area contributed by atoms with Crippen LogP contribution in [0.3, 0.4) is 0 Å². The fourth-order valence-corrected chi connectivity index (χ4v) is 5.00. The van der Waals surface area contributed by atoms with Gasteiger partial charge in [-0.15, -0.1) is 0 Å². The maximum atomic E-state index is 11.9. The lowest BCUT2D eigenvalue weighted by Crippen LogP contribution is -2.67. The molecule has 2 N–H and O–H groups in total. The molecule has 0 spiro atoms. The van der Waals surface area contributed by atoms with Gasteiger partial charge in [0.15, 0.2) is 14.4 Å². The zero-order valence-corrected chi connectivity index (χ0v) is 21.0. The molecule has 2 heterocycles. The molecule has 0 unspecified atom stereocenters. The minimum Gasteiger partial charge on any atom is -0.414 e. The van der Waals surface area contributed by atoms with Crippen LogP contribution < -0.4 is 5.73 Å². The van der Waals surface area contributed by atoms with E-state index in [1.54, 1.807) is 14.2 Å². The number of fused-ring (bicyclic) bond motifs is 1. The highest BCUT2D eigenvalue weighted by Crippen LogP contribution is 2.44. The van der Waals surface area contributed by atoms with Crippen LogP contribution in [0.5, 0.6) is 0 Å². The van der Waals surface area contributed by atoms with Crippen molar-refractivity contribution in [3.8, 4) is 0 Å². The highest BCUT2D eigenvalue weighted by Gasteiger charge is 2.56. The molecule has 2 aliphatic heterocycles. The standard InChI is InChI=1S/C21H41NO7Si/c1-20(2,3)30(8,9)28-11-13(24-6)10-14-21(4,5)18(25-7)16-15(29-14)17(19(22)23)27-12-26-16/h13-18H,10-12H2,1-9H3,(H2,22,23)/t13-,14+,15-,16-,17-,18+/m0/s1. The minimum absolute atomic E-state index is 0.0141. The first-order valence-corrected chi connectivity index (χ1v) is 13.5. The minimum atomic E-state index is -1.91. The van der Waals surface area contributed by atoms with Crippen LogP contribution in [0.15, 0.2) is 0 Å². The lowest BCUT2D eigenvalue weighted by Gasteiger charge is -2.54. The summed E-state index contributed by atoms with van der Waals surface area (Å²) in [6.07, 6.45) is -2.05. The lowest BCUT2D eigenvalue weighted by molar-refractivity contribution is -0.322. The Bertz CT molecular complexity index is 592. The van der Waals surface area contributed by atoms with Gasteiger partial charge < -0.3 is 33.8 Å². The second-order valence-electron chi connectivity index (χ2n) is 10.5. The Balaban J connectivity index is 2.18. The molecule has 0 aliphatic carbocycles. The van der Waals surface area contributed by atoms with E-state index >= 15 is 0 Å². The molecule has 2 fully saturated rings. The first-order valence-electron chi connectivity index (χ1n) is 10.6. The smallest absolute Gasteiger partial charge is 0.249 e. The summed E-state index contributed by atoms with van der Waals surface area (Å²) < 4.78 is 35.6. The molecule has 0 saturated carbocycles. The Morgan fingerprint density at radius 2 is 1.83 bits per heavy atom. The van der Waals surface area contributed by atoms with Gasteiger partial charge in [-0.25, -0.2) is 0 Å². The van der Waals surface area contributed by atoms with Crippen molar-refractivity contribution in [2.24, 2.45) is 11.1 Å². The van der Waals surface area contributed by atoms with Gasteiger partial charge in [-0.1, -0.05) is 34.6 Å². The van der Waals surface area contributed by atoms with Crippen LogP contribution >= 0.6 is 0 Å². The van der Waals surface area contributed by atoms with Crippen LogP contribution in [0.25, 0.3) is 0 Å². The van der Waals surface area contributed by atoms with Gasteiger partial charge in [-0.3, -0.25) is 4.79 Å². The van der Waals surface area contributed by atoms with Gasteiger partial charge >= 0.3 is 0 Å². The van der Waals surface area contributed by atoms with Crippen molar-refractivity contribution in [2.75, 3.05) is 27.6 Å². The predicted octanol–water partition coefficient (Wildman–Crippen LogP) is 2.45. The Labute approximate surface area is 182 Å². The van der Waals surface area contributed by atoms with Crippen molar-refractivity contribution in [3.63, 3.8) is 0 Å². The summed E-state index contributed by atoms with van der Waals surface area (Å²) in [6, 6.07) is 0. The molecule has 0 bridgehead atoms. The van der Waals surface area contributed by atoms with E-state index in [9.17, 15) is 4.79 Å². The largest absolute Gasteiger partial charge is 0.414 e. The van der Waals surface area contributed by atoms with E-state index in [2.05, 4.69) is 47.7 Å². The molecule has 2 rings (SSSR count). The molecule has 30 heavy (non-hydrogen) atoms. The average molecular weight is 448 g/mol. The topological polar surface area (TPSA) is 98.5 Å². The number of carbonyl (C=O) groups excluding carboxylic acids is 1. The molecule has 0 aromatic rings. The highest BCUT2D eigenvalue weighted by molar-refractivity contribution is 6.74. The highest BCUT2D eigenvalue weighted by atomic mass is 28.4. The van der Waals surface area contributed by atoms with Gasteiger partial charge in [0, 0.05) is 26.1 Å². The van der Waals surface area contributed by atoms with Gasteiger partial charge in [0.05, 0.1) is 24.9 Å². The number of nitrogens with two attached hydrogens (primary N) is 1. The van der Waals surface area contributed by atoms with Crippen molar-refractivity contribution in [1.82, 2.24) is 0 Å². The number of carbonyl (C=O) groups is 1.